The van der Waals surface area contributed by atoms with Crippen LogP contribution in [0.25, 0.3) is 0 Å². The summed E-state index contributed by atoms with van der Waals surface area (Å²) in [6.07, 6.45) is -4.65. The van der Waals surface area contributed by atoms with Crippen LogP contribution in [0, 0.1) is 17.6 Å². The average molecular weight is 721 g/mol. The van der Waals surface area contributed by atoms with Crippen molar-refractivity contribution in [2.24, 2.45) is 5.92 Å². The lowest BCUT2D eigenvalue weighted by atomic mass is 10.1. The van der Waals surface area contributed by atoms with E-state index >= 15 is 0 Å². The van der Waals surface area contributed by atoms with Crippen LogP contribution in [0.3, 0.4) is 0 Å². The highest BCUT2D eigenvalue weighted by molar-refractivity contribution is 8.00. The monoisotopic (exact) mass is 719 g/mol. The number of thioether (sulfide) groups is 1. The van der Waals surface area contributed by atoms with E-state index in [0.717, 1.165) is 30.3 Å². The van der Waals surface area contributed by atoms with Gasteiger partial charge in [0.15, 0.2) is 5.82 Å². The average Bonchev–Trinajstić information content (AvgIpc) is 3.53. The fourth-order valence-corrected chi connectivity index (χ4v) is 5.65. The molecule has 1 fully saturated rings. The Kier molecular flexibility index (Phi) is 9.88. The molecule has 0 heterocycles. The molecule has 240 valence electrons. The van der Waals surface area contributed by atoms with Gasteiger partial charge in [-0.3, -0.25) is 14.4 Å². The van der Waals surface area contributed by atoms with E-state index in [1.807, 2.05) is 0 Å². The highest BCUT2D eigenvalue weighted by Gasteiger charge is 2.67. The summed E-state index contributed by atoms with van der Waals surface area (Å²) in [6, 6.07) is 9.11. The molecule has 0 saturated heterocycles. The molecule has 45 heavy (non-hydrogen) atoms. The first kappa shape index (κ1) is 34.6. The maximum Gasteiger partial charge on any atom is 0.442 e. The summed E-state index contributed by atoms with van der Waals surface area (Å²) < 4.78 is 104. The molecule has 3 aromatic rings. The number of alkyl halides is 8. The summed E-state index contributed by atoms with van der Waals surface area (Å²) in [5.74, 6) is -9.47. The van der Waals surface area contributed by atoms with E-state index in [0.29, 0.717) is 6.07 Å². The highest BCUT2D eigenvalue weighted by Crippen LogP contribution is 2.65. The summed E-state index contributed by atoms with van der Waals surface area (Å²) in [4.78, 5) is 37.7. The minimum Gasteiger partial charge on any atom is -0.326 e. The predicted octanol–water partition coefficient (Wildman–Crippen LogP) is 8.61. The smallest absolute Gasteiger partial charge is 0.326 e. The number of hydrogen-bond donors (Lipinski definition) is 3. The normalized spacial score (nSPS) is 17.4. The van der Waals surface area contributed by atoms with Gasteiger partial charge >= 0.3 is 11.7 Å². The standard InChI is InChI=1S/C27H16Cl3F8N3O3S/c28-15-5-4-13(39-24(44)20-19(25(20,29)30)11-2-1-3-12(8-11)26(33,34)35)9-14(15)23(43)40-17-7-6-16(31)22(21(17)32)41-18(42)10-45-27(36,37)38/h1-9,19-20H,10H2,(H,39,44)(H,40,43)(H,41,42)/t19-,20?/m0/s1. The van der Waals surface area contributed by atoms with Gasteiger partial charge in [-0.05, 0) is 53.7 Å². The lowest BCUT2D eigenvalue weighted by Gasteiger charge is -2.14. The molecule has 1 saturated carbocycles. The molecule has 0 aromatic heterocycles. The number of nitrogens with one attached hydrogen (secondary N) is 3. The van der Waals surface area contributed by atoms with E-state index in [1.54, 1.807) is 5.32 Å². The van der Waals surface area contributed by atoms with Crippen molar-refractivity contribution in [3.05, 3.63) is 87.9 Å². The third kappa shape index (κ3) is 8.12. The molecule has 0 radical (unpaired) electrons. The van der Waals surface area contributed by atoms with Gasteiger partial charge in [0.25, 0.3) is 5.91 Å². The lowest BCUT2D eigenvalue weighted by molar-refractivity contribution is -0.137. The van der Waals surface area contributed by atoms with Gasteiger partial charge in [0.1, 0.15) is 15.8 Å². The van der Waals surface area contributed by atoms with Crippen LogP contribution in [-0.2, 0) is 15.8 Å². The third-order valence-electron chi connectivity index (χ3n) is 6.36. The van der Waals surface area contributed by atoms with Crippen LogP contribution in [0.5, 0.6) is 0 Å². The number of anilines is 3. The number of rotatable bonds is 8. The van der Waals surface area contributed by atoms with Crippen molar-refractivity contribution in [2.45, 2.75) is 21.9 Å². The molecule has 18 heteroatoms. The molecule has 2 atom stereocenters. The quantitative estimate of drug-likeness (QED) is 0.161. The van der Waals surface area contributed by atoms with E-state index in [-0.39, 0.29) is 21.8 Å². The van der Waals surface area contributed by atoms with Crippen molar-refractivity contribution in [1.29, 1.82) is 0 Å². The molecule has 1 aliphatic rings. The first-order valence-electron chi connectivity index (χ1n) is 12.2. The maximum absolute atomic E-state index is 15.0. The molecule has 0 bridgehead atoms. The number of benzene rings is 3. The molecule has 0 spiro atoms. The Morgan fingerprint density at radius 3 is 2.22 bits per heavy atom. The van der Waals surface area contributed by atoms with E-state index in [2.05, 4.69) is 10.6 Å². The summed E-state index contributed by atoms with van der Waals surface area (Å²) in [7, 11) is 0. The van der Waals surface area contributed by atoms with Crippen molar-refractivity contribution in [1.82, 2.24) is 0 Å². The largest absolute Gasteiger partial charge is 0.442 e. The fourth-order valence-electron chi connectivity index (χ4n) is 4.25. The van der Waals surface area contributed by atoms with Crippen LogP contribution in [0.1, 0.15) is 27.4 Å². The van der Waals surface area contributed by atoms with Gasteiger partial charge in [-0.15, -0.1) is 23.2 Å². The van der Waals surface area contributed by atoms with Crippen LogP contribution in [-0.4, -0.2) is 33.3 Å². The SMILES string of the molecule is O=C(CSC(F)(F)F)Nc1c(F)ccc(NC(=O)c2cc(NC(=O)C3[C@H](c4cccc(C(F)(F)F)c4)C3(Cl)Cl)ccc2Cl)c1F. The van der Waals surface area contributed by atoms with Crippen molar-refractivity contribution < 1.29 is 49.5 Å². The van der Waals surface area contributed by atoms with Gasteiger partial charge in [-0.25, -0.2) is 8.78 Å². The minimum absolute atomic E-state index is 0.0388. The van der Waals surface area contributed by atoms with E-state index in [4.69, 9.17) is 34.8 Å². The molecule has 6 nitrogen and oxygen atoms in total. The molecule has 0 aliphatic heterocycles. The molecular weight excluding hydrogens is 705 g/mol. The Morgan fingerprint density at radius 2 is 1.58 bits per heavy atom. The Bertz CT molecular complexity index is 1670. The number of carbonyl (C=O) groups excluding carboxylic acids is 3. The summed E-state index contributed by atoms with van der Waals surface area (Å²) in [5.41, 5.74) is -7.82. The second kappa shape index (κ2) is 12.9. The van der Waals surface area contributed by atoms with Gasteiger partial charge in [0, 0.05) is 11.6 Å². The van der Waals surface area contributed by atoms with Crippen molar-refractivity contribution in [3.8, 4) is 0 Å². The predicted molar refractivity (Wildman–Crippen MR) is 154 cm³/mol. The zero-order valence-electron chi connectivity index (χ0n) is 21.8. The van der Waals surface area contributed by atoms with E-state index in [9.17, 15) is 49.5 Å². The van der Waals surface area contributed by atoms with Gasteiger partial charge in [-0.1, -0.05) is 29.8 Å². The van der Waals surface area contributed by atoms with E-state index < -0.39 is 91.7 Å². The van der Waals surface area contributed by atoms with Crippen LogP contribution in [0.15, 0.2) is 54.6 Å². The Hall–Kier alpha value is -3.27. The topological polar surface area (TPSA) is 87.3 Å². The van der Waals surface area contributed by atoms with Gasteiger partial charge in [-0.2, -0.15) is 26.3 Å². The third-order valence-corrected chi connectivity index (χ3v) is 8.36. The van der Waals surface area contributed by atoms with Crippen LogP contribution in [0.4, 0.5) is 52.2 Å². The summed E-state index contributed by atoms with van der Waals surface area (Å²) in [6.45, 7) is 0. The Balaban J connectivity index is 1.48. The van der Waals surface area contributed by atoms with Gasteiger partial charge in [0.05, 0.1) is 33.5 Å². The molecule has 4 rings (SSSR count). The zero-order valence-corrected chi connectivity index (χ0v) is 24.9. The molecule has 1 unspecified atom stereocenters. The lowest BCUT2D eigenvalue weighted by Crippen LogP contribution is -2.20. The fraction of sp³-hybridized carbons (Fsp3) is 0.222. The number of hydrogen-bond acceptors (Lipinski definition) is 4. The number of amides is 3. The molecule has 3 N–H and O–H groups in total. The van der Waals surface area contributed by atoms with Crippen LogP contribution in [0.2, 0.25) is 5.02 Å². The molecule has 1 aliphatic carbocycles. The molecular formula is C27H16Cl3F8N3O3S. The first-order valence-corrected chi connectivity index (χ1v) is 14.4. The molecule has 3 amide bonds. The van der Waals surface area contributed by atoms with Crippen molar-refractivity contribution >= 4 is 81.3 Å². The second-order valence-electron chi connectivity index (χ2n) is 9.46. The Labute approximate surface area is 267 Å². The number of halogens is 11. The van der Waals surface area contributed by atoms with E-state index in [1.165, 1.54) is 18.2 Å². The maximum atomic E-state index is 15.0. The number of carbonyl (C=O) groups is 3. The van der Waals surface area contributed by atoms with Crippen molar-refractivity contribution in [2.75, 3.05) is 21.7 Å². The minimum atomic E-state index is -4.77. The second-order valence-corrected chi connectivity index (χ2v) is 12.3. The highest BCUT2D eigenvalue weighted by atomic mass is 35.5. The van der Waals surface area contributed by atoms with Crippen LogP contribution >= 0.6 is 46.6 Å². The first-order chi connectivity index (χ1) is 20.8. The van der Waals surface area contributed by atoms with Crippen LogP contribution < -0.4 is 16.0 Å². The Morgan fingerprint density at radius 1 is 0.889 bits per heavy atom. The zero-order chi connectivity index (χ0) is 33.5. The van der Waals surface area contributed by atoms with Gasteiger partial charge in [0.2, 0.25) is 11.8 Å². The van der Waals surface area contributed by atoms with Crippen molar-refractivity contribution in [3.63, 3.8) is 0 Å². The summed E-state index contributed by atoms with van der Waals surface area (Å²) >= 11 is 17.8. The van der Waals surface area contributed by atoms with Gasteiger partial charge < -0.3 is 16.0 Å². The molecule has 3 aromatic carbocycles. The summed E-state index contributed by atoms with van der Waals surface area (Å²) in [5, 5.41) is 6.02.